The van der Waals surface area contributed by atoms with E-state index in [0.29, 0.717) is 12.5 Å². The molecule has 1 fully saturated rings. The van der Waals surface area contributed by atoms with E-state index in [9.17, 15) is 0 Å². The van der Waals surface area contributed by atoms with E-state index in [1.807, 2.05) is 0 Å². The molecular formula is C11H23NO. The molecule has 0 aliphatic heterocycles. The van der Waals surface area contributed by atoms with Gasteiger partial charge in [-0.3, -0.25) is 0 Å². The largest absolute Gasteiger partial charge is 0.396 e. The molecule has 13 heavy (non-hydrogen) atoms. The van der Waals surface area contributed by atoms with E-state index < -0.39 is 0 Å². The summed E-state index contributed by atoms with van der Waals surface area (Å²) in [5, 5.41) is 12.4. The highest BCUT2D eigenvalue weighted by Crippen LogP contribution is 2.33. The van der Waals surface area contributed by atoms with Crippen molar-refractivity contribution >= 4 is 0 Å². The topological polar surface area (TPSA) is 32.3 Å². The molecule has 78 valence electrons. The van der Waals surface area contributed by atoms with Crippen LogP contribution >= 0.6 is 0 Å². The second-order valence-corrected chi connectivity index (χ2v) is 4.38. The zero-order valence-electron chi connectivity index (χ0n) is 8.92. The van der Waals surface area contributed by atoms with Crippen LogP contribution in [0.5, 0.6) is 0 Å². The lowest BCUT2D eigenvalue weighted by molar-refractivity contribution is 0.256. The van der Waals surface area contributed by atoms with Crippen LogP contribution in [0.2, 0.25) is 0 Å². The molecule has 0 aromatic carbocycles. The van der Waals surface area contributed by atoms with Crippen LogP contribution in [-0.2, 0) is 0 Å². The standard InChI is InChI=1S/C11H23NO/c1-3-11(10-4-5-10)12-8-9(2)6-7-13/h9-13H,3-8H2,1-2H3. The van der Waals surface area contributed by atoms with Gasteiger partial charge >= 0.3 is 0 Å². The van der Waals surface area contributed by atoms with Gasteiger partial charge in [0.1, 0.15) is 0 Å². The SMILES string of the molecule is CCC(NCC(C)CCO)C1CC1. The highest BCUT2D eigenvalue weighted by atomic mass is 16.3. The van der Waals surface area contributed by atoms with Crippen molar-refractivity contribution < 1.29 is 5.11 Å². The minimum Gasteiger partial charge on any atom is -0.396 e. The van der Waals surface area contributed by atoms with Crippen LogP contribution in [0.3, 0.4) is 0 Å². The first kappa shape index (κ1) is 11.0. The Hall–Kier alpha value is -0.0800. The van der Waals surface area contributed by atoms with Gasteiger partial charge < -0.3 is 10.4 Å². The van der Waals surface area contributed by atoms with Gasteiger partial charge in [-0.2, -0.15) is 0 Å². The first-order chi connectivity index (χ1) is 6.27. The Morgan fingerprint density at radius 2 is 2.15 bits per heavy atom. The van der Waals surface area contributed by atoms with Crippen LogP contribution in [0.1, 0.15) is 39.5 Å². The molecule has 0 amide bonds. The van der Waals surface area contributed by atoms with E-state index in [1.165, 1.54) is 19.3 Å². The summed E-state index contributed by atoms with van der Waals surface area (Å²) in [6.45, 7) is 5.84. The molecule has 2 heteroatoms. The van der Waals surface area contributed by atoms with Crippen LogP contribution in [0, 0.1) is 11.8 Å². The van der Waals surface area contributed by atoms with Gasteiger partial charge in [0.2, 0.25) is 0 Å². The molecule has 2 N–H and O–H groups in total. The fraction of sp³-hybridized carbons (Fsp3) is 1.00. The zero-order valence-corrected chi connectivity index (χ0v) is 8.92. The van der Waals surface area contributed by atoms with Gasteiger partial charge in [0, 0.05) is 12.6 Å². The average molecular weight is 185 g/mol. The Bertz CT molecular complexity index is 134. The highest BCUT2D eigenvalue weighted by Gasteiger charge is 2.29. The van der Waals surface area contributed by atoms with E-state index in [2.05, 4.69) is 19.2 Å². The van der Waals surface area contributed by atoms with Crippen LogP contribution in [-0.4, -0.2) is 24.3 Å². The van der Waals surface area contributed by atoms with E-state index in [4.69, 9.17) is 5.11 Å². The molecule has 0 heterocycles. The normalized spacial score (nSPS) is 21.5. The number of nitrogens with one attached hydrogen (secondary N) is 1. The Balaban J connectivity index is 2.07. The quantitative estimate of drug-likeness (QED) is 0.633. The van der Waals surface area contributed by atoms with Gasteiger partial charge in [0.25, 0.3) is 0 Å². The summed E-state index contributed by atoms with van der Waals surface area (Å²) in [4.78, 5) is 0. The van der Waals surface area contributed by atoms with Crippen molar-refractivity contribution in [3.05, 3.63) is 0 Å². The summed E-state index contributed by atoms with van der Waals surface area (Å²) in [5.41, 5.74) is 0. The number of rotatable bonds is 7. The monoisotopic (exact) mass is 185 g/mol. The van der Waals surface area contributed by atoms with Gasteiger partial charge in [-0.1, -0.05) is 13.8 Å². The molecule has 2 nitrogen and oxygen atoms in total. The third kappa shape index (κ3) is 4.10. The molecular weight excluding hydrogens is 162 g/mol. The summed E-state index contributed by atoms with van der Waals surface area (Å²) in [6, 6.07) is 0.737. The molecule has 0 spiro atoms. The average Bonchev–Trinajstić information content (AvgIpc) is 2.90. The minimum atomic E-state index is 0.322. The van der Waals surface area contributed by atoms with Crippen LogP contribution < -0.4 is 5.32 Å². The summed E-state index contributed by atoms with van der Waals surface area (Å²) >= 11 is 0. The van der Waals surface area contributed by atoms with Crippen molar-refractivity contribution in [1.82, 2.24) is 5.32 Å². The fourth-order valence-electron chi connectivity index (χ4n) is 1.82. The first-order valence-electron chi connectivity index (χ1n) is 5.62. The van der Waals surface area contributed by atoms with Gasteiger partial charge in [0.05, 0.1) is 0 Å². The van der Waals surface area contributed by atoms with Crippen molar-refractivity contribution in [2.45, 2.75) is 45.6 Å². The summed E-state index contributed by atoms with van der Waals surface area (Å²) in [7, 11) is 0. The highest BCUT2D eigenvalue weighted by molar-refractivity contribution is 4.85. The van der Waals surface area contributed by atoms with Gasteiger partial charge in [0.15, 0.2) is 0 Å². The summed E-state index contributed by atoms with van der Waals surface area (Å²) in [5.74, 6) is 1.56. The fourth-order valence-corrected chi connectivity index (χ4v) is 1.82. The molecule has 2 unspecified atom stereocenters. The lowest BCUT2D eigenvalue weighted by Crippen LogP contribution is -2.34. The molecule has 1 aliphatic rings. The summed E-state index contributed by atoms with van der Waals surface area (Å²) in [6.07, 6.45) is 5.00. The number of aliphatic hydroxyl groups excluding tert-OH is 1. The third-order valence-corrected chi connectivity index (χ3v) is 2.98. The van der Waals surface area contributed by atoms with E-state index in [-0.39, 0.29) is 0 Å². The molecule has 0 radical (unpaired) electrons. The first-order valence-corrected chi connectivity index (χ1v) is 5.62. The maximum Gasteiger partial charge on any atom is 0.0434 e. The Morgan fingerprint density at radius 1 is 1.46 bits per heavy atom. The van der Waals surface area contributed by atoms with Gasteiger partial charge in [-0.25, -0.2) is 0 Å². The van der Waals surface area contributed by atoms with Crippen LogP contribution in [0.4, 0.5) is 0 Å². The number of aliphatic hydroxyl groups is 1. The van der Waals surface area contributed by atoms with Crippen molar-refractivity contribution in [3.8, 4) is 0 Å². The zero-order chi connectivity index (χ0) is 9.68. The van der Waals surface area contributed by atoms with Crippen molar-refractivity contribution in [2.24, 2.45) is 11.8 Å². The lowest BCUT2D eigenvalue weighted by atomic mass is 10.1. The van der Waals surface area contributed by atoms with E-state index >= 15 is 0 Å². The van der Waals surface area contributed by atoms with E-state index in [0.717, 1.165) is 24.9 Å². The second kappa shape index (κ2) is 5.61. The summed E-state index contributed by atoms with van der Waals surface area (Å²) < 4.78 is 0. The van der Waals surface area contributed by atoms with Crippen molar-refractivity contribution in [3.63, 3.8) is 0 Å². The predicted octanol–water partition coefficient (Wildman–Crippen LogP) is 1.78. The number of hydrogen-bond acceptors (Lipinski definition) is 2. The Kier molecular flexibility index (Phi) is 4.74. The molecule has 1 rings (SSSR count). The number of hydrogen-bond donors (Lipinski definition) is 2. The molecule has 0 bridgehead atoms. The molecule has 2 atom stereocenters. The predicted molar refractivity (Wildman–Crippen MR) is 55.7 cm³/mol. The third-order valence-electron chi connectivity index (χ3n) is 2.98. The Labute approximate surface area is 81.7 Å². The second-order valence-electron chi connectivity index (χ2n) is 4.38. The van der Waals surface area contributed by atoms with Crippen LogP contribution in [0.15, 0.2) is 0 Å². The molecule has 0 aromatic heterocycles. The molecule has 1 saturated carbocycles. The molecule has 0 saturated heterocycles. The maximum absolute atomic E-state index is 8.75. The van der Waals surface area contributed by atoms with Gasteiger partial charge in [-0.15, -0.1) is 0 Å². The van der Waals surface area contributed by atoms with Crippen molar-refractivity contribution in [2.75, 3.05) is 13.2 Å². The maximum atomic E-state index is 8.75. The minimum absolute atomic E-state index is 0.322. The van der Waals surface area contributed by atoms with Gasteiger partial charge in [-0.05, 0) is 44.1 Å². The van der Waals surface area contributed by atoms with Crippen LogP contribution in [0.25, 0.3) is 0 Å². The smallest absolute Gasteiger partial charge is 0.0434 e. The molecule has 1 aliphatic carbocycles. The van der Waals surface area contributed by atoms with Crippen molar-refractivity contribution in [1.29, 1.82) is 0 Å². The Morgan fingerprint density at radius 3 is 2.62 bits per heavy atom. The van der Waals surface area contributed by atoms with E-state index in [1.54, 1.807) is 0 Å². The molecule has 0 aromatic rings. The lowest BCUT2D eigenvalue weighted by Gasteiger charge is -2.19.